The normalized spacial score (nSPS) is 15.1. The minimum Gasteiger partial charge on any atom is -0.336 e. The average Bonchev–Trinajstić information content (AvgIpc) is 3.31. The van der Waals surface area contributed by atoms with E-state index in [0.717, 1.165) is 36.5 Å². The van der Waals surface area contributed by atoms with Gasteiger partial charge < -0.3 is 4.90 Å². The number of piperazine rings is 1. The lowest BCUT2D eigenvalue weighted by Crippen LogP contribution is -2.48. The Labute approximate surface area is 180 Å². The van der Waals surface area contributed by atoms with Crippen LogP contribution < -0.4 is 4.72 Å². The van der Waals surface area contributed by atoms with Crippen LogP contribution in [-0.2, 0) is 16.6 Å². The Kier molecular flexibility index (Phi) is 6.12. The van der Waals surface area contributed by atoms with Crippen molar-refractivity contribution in [1.82, 2.24) is 14.8 Å². The van der Waals surface area contributed by atoms with Crippen LogP contribution in [0.15, 0.2) is 70.5 Å². The van der Waals surface area contributed by atoms with E-state index in [0.29, 0.717) is 24.3 Å². The van der Waals surface area contributed by atoms with E-state index in [-0.39, 0.29) is 10.1 Å². The molecule has 30 heavy (non-hydrogen) atoms. The first kappa shape index (κ1) is 20.5. The summed E-state index contributed by atoms with van der Waals surface area (Å²) < 4.78 is 27.4. The third-order valence-electron chi connectivity index (χ3n) is 4.93. The highest BCUT2D eigenvalue weighted by atomic mass is 32.2. The lowest BCUT2D eigenvalue weighted by molar-refractivity contribution is 0.0628. The van der Waals surface area contributed by atoms with Crippen molar-refractivity contribution in [3.63, 3.8) is 0 Å². The van der Waals surface area contributed by atoms with Gasteiger partial charge in [0.05, 0.1) is 0 Å². The number of hydrogen-bond donors (Lipinski definition) is 1. The zero-order valence-corrected chi connectivity index (χ0v) is 17.9. The Morgan fingerprint density at radius 2 is 1.80 bits per heavy atom. The van der Waals surface area contributed by atoms with Crippen molar-refractivity contribution in [2.75, 3.05) is 30.9 Å². The number of nitrogens with one attached hydrogen (secondary N) is 1. The van der Waals surface area contributed by atoms with Crippen LogP contribution in [-0.4, -0.2) is 55.3 Å². The molecule has 0 atom stereocenters. The van der Waals surface area contributed by atoms with Crippen molar-refractivity contribution in [2.24, 2.45) is 0 Å². The maximum Gasteiger partial charge on any atom is 0.271 e. The summed E-state index contributed by atoms with van der Waals surface area (Å²) in [6.07, 6.45) is 3.63. The summed E-state index contributed by atoms with van der Waals surface area (Å²) in [5, 5.41) is 1.72. The number of pyridine rings is 1. The third-order valence-corrected chi connectivity index (χ3v) is 7.71. The van der Waals surface area contributed by atoms with Crippen LogP contribution in [0, 0.1) is 0 Å². The van der Waals surface area contributed by atoms with Gasteiger partial charge in [-0.15, -0.1) is 11.3 Å². The maximum absolute atomic E-state index is 12.8. The van der Waals surface area contributed by atoms with Crippen molar-refractivity contribution < 1.29 is 13.2 Å². The summed E-state index contributed by atoms with van der Waals surface area (Å²) in [5.74, 6) is -0.0382. The Morgan fingerprint density at radius 3 is 2.43 bits per heavy atom. The summed E-state index contributed by atoms with van der Waals surface area (Å²) >= 11 is 1.16. The van der Waals surface area contributed by atoms with E-state index in [2.05, 4.69) is 20.7 Å². The lowest BCUT2D eigenvalue weighted by atomic mass is 10.1. The molecular formula is C21H22N4O3S2. The molecule has 3 aromatic rings. The molecule has 4 rings (SSSR count). The number of sulfonamides is 1. The van der Waals surface area contributed by atoms with Gasteiger partial charge in [-0.2, -0.15) is 0 Å². The predicted molar refractivity (Wildman–Crippen MR) is 117 cm³/mol. The number of amides is 1. The molecule has 2 aromatic heterocycles. The number of hydrogen-bond acceptors (Lipinski definition) is 6. The standard InChI is InChI=1S/C21H22N4O3S2/c26-21(25-12-10-24(11-13-25)16-17-3-1-9-22-15-17)18-5-7-19(8-6-18)23-30(27,28)20-4-2-14-29-20/h1-9,14-15,23H,10-13,16H2. The van der Waals surface area contributed by atoms with E-state index >= 15 is 0 Å². The van der Waals surface area contributed by atoms with E-state index in [1.165, 1.54) is 0 Å². The molecule has 1 aliphatic heterocycles. The zero-order chi connectivity index (χ0) is 21.0. The van der Waals surface area contributed by atoms with Crippen LogP contribution in [0.5, 0.6) is 0 Å². The first-order chi connectivity index (χ1) is 14.5. The maximum atomic E-state index is 12.8. The van der Waals surface area contributed by atoms with Crippen LogP contribution in [0.1, 0.15) is 15.9 Å². The molecule has 1 amide bonds. The van der Waals surface area contributed by atoms with Crippen molar-refractivity contribution in [3.05, 3.63) is 77.4 Å². The van der Waals surface area contributed by atoms with Crippen LogP contribution in [0.2, 0.25) is 0 Å². The first-order valence-corrected chi connectivity index (χ1v) is 11.9. The van der Waals surface area contributed by atoms with Crippen LogP contribution in [0.4, 0.5) is 5.69 Å². The molecule has 0 saturated carbocycles. The summed E-state index contributed by atoms with van der Waals surface area (Å²) in [4.78, 5) is 21.1. The first-order valence-electron chi connectivity index (χ1n) is 9.58. The van der Waals surface area contributed by atoms with Gasteiger partial charge in [-0.25, -0.2) is 8.42 Å². The summed E-state index contributed by atoms with van der Waals surface area (Å²) in [6.45, 7) is 3.76. The molecule has 9 heteroatoms. The fraction of sp³-hybridized carbons (Fsp3) is 0.238. The molecule has 0 radical (unpaired) electrons. The largest absolute Gasteiger partial charge is 0.336 e. The number of rotatable bonds is 6. The molecular weight excluding hydrogens is 420 g/mol. The average molecular weight is 443 g/mol. The van der Waals surface area contributed by atoms with Gasteiger partial charge in [-0.3, -0.25) is 19.4 Å². The molecule has 1 fully saturated rings. The van der Waals surface area contributed by atoms with E-state index in [1.54, 1.807) is 48.0 Å². The van der Waals surface area contributed by atoms with Crippen molar-refractivity contribution >= 4 is 33.0 Å². The van der Waals surface area contributed by atoms with Gasteiger partial charge in [-0.05, 0) is 47.3 Å². The van der Waals surface area contributed by atoms with Gasteiger partial charge in [0.2, 0.25) is 0 Å². The molecule has 1 saturated heterocycles. The molecule has 156 valence electrons. The number of carbonyl (C=O) groups is 1. The second-order valence-electron chi connectivity index (χ2n) is 7.04. The highest BCUT2D eigenvalue weighted by Gasteiger charge is 2.22. The Morgan fingerprint density at radius 1 is 1.03 bits per heavy atom. The predicted octanol–water partition coefficient (Wildman–Crippen LogP) is 2.90. The summed E-state index contributed by atoms with van der Waals surface area (Å²) in [7, 11) is -3.59. The van der Waals surface area contributed by atoms with E-state index < -0.39 is 10.0 Å². The molecule has 1 aliphatic rings. The highest BCUT2D eigenvalue weighted by Crippen LogP contribution is 2.21. The second kappa shape index (κ2) is 8.95. The number of anilines is 1. The molecule has 0 bridgehead atoms. The van der Waals surface area contributed by atoms with Crippen molar-refractivity contribution in [2.45, 2.75) is 10.8 Å². The lowest BCUT2D eigenvalue weighted by Gasteiger charge is -2.34. The SMILES string of the molecule is O=C(c1ccc(NS(=O)(=O)c2cccs2)cc1)N1CCN(Cc2cccnc2)CC1. The van der Waals surface area contributed by atoms with Gasteiger partial charge in [-0.1, -0.05) is 12.1 Å². The van der Waals surface area contributed by atoms with E-state index in [9.17, 15) is 13.2 Å². The zero-order valence-electron chi connectivity index (χ0n) is 16.3. The monoisotopic (exact) mass is 442 g/mol. The van der Waals surface area contributed by atoms with E-state index in [1.807, 2.05) is 17.2 Å². The quantitative estimate of drug-likeness (QED) is 0.635. The van der Waals surface area contributed by atoms with Crippen LogP contribution in [0.25, 0.3) is 0 Å². The van der Waals surface area contributed by atoms with Crippen molar-refractivity contribution in [3.8, 4) is 0 Å². The number of carbonyl (C=O) groups excluding carboxylic acids is 1. The van der Waals surface area contributed by atoms with Crippen LogP contribution >= 0.6 is 11.3 Å². The number of benzene rings is 1. The fourth-order valence-electron chi connectivity index (χ4n) is 3.34. The molecule has 1 N–H and O–H groups in total. The number of aromatic nitrogens is 1. The summed E-state index contributed by atoms with van der Waals surface area (Å²) in [6, 6.07) is 13.8. The second-order valence-corrected chi connectivity index (χ2v) is 9.90. The molecule has 1 aromatic carbocycles. The molecule has 7 nitrogen and oxygen atoms in total. The highest BCUT2D eigenvalue weighted by molar-refractivity contribution is 7.94. The van der Waals surface area contributed by atoms with Gasteiger partial charge in [0, 0.05) is 56.4 Å². The minimum absolute atomic E-state index is 0.0382. The molecule has 0 aliphatic carbocycles. The van der Waals surface area contributed by atoms with Crippen molar-refractivity contribution in [1.29, 1.82) is 0 Å². The fourth-order valence-corrected chi connectivity index (χ4v) is 5.40. The Hall–Kier alpha value is -2.75. The molecule has 3 heterocycles. The third kappa shape index (κ3) is 4.86. The van der Waals surface area contributed by atoms with Gasteiger partial charge in [0.25, 0.3) is 15.9 Å². The van der Waals surface area contributed by atoms with Crippen LogP contribution in [0.3, 0.4) is 0 Å². The molecule has 0 unspecified atom stereocenters. The minimum atomic E-state index is -3.59. The number of nitrogens with zero attached hydrogens (tertiary/aromatic N) is 3. The Bertz CT molecular complexity index is 1080. The molecule has 0 spiro atoms. The topological polar surface area (TPSA) is 82.6 Å². The summed E-state index contributed by atoms with van der Waals surface area (Å²) in [5.41, 5.74) is 2.15. The number of thiophene rings is 1. The van der Waals surface area contributed by atoms with Gasteiger partial charge in [0.1, 0.15) is 4.21 Å². The van der Waals surface area contributed by atoms with Gasteiger partial charge in [0.15, 0.2) is 0 Å². The van der Waals surface area contributed by atoms with E-state index in [4.69, 9.17) is 0 Å². The van der Waals surface area contributed by atoms with Gasteiger partial charge >= 0.3 is 0 Å². The smallest absolute Gasteiger partial charge is 0.271 e. The Balaban J connectivity index is 1.33.